The van der Waals surface area contributed by atoms with Crippen molar-refractivity contribution in [3.05, 3.63) is 71.3 Å². The van der Waals surface area contributed by atoms with Gasteiger partial charge in [0, 0.05) is 0 Å². The Morgan fingerprint density at radius 1 is 1.19 bits per heavy atom. The highest BCUT2D eigenvalue weighted by atomic mass is 19.1. The molecule has 0 fully saturated rings. The summed E-state index contributed by atoms with van der Waals surface area (Å²) >= 11 is 0. The largest absolute Gasteiger partial charge is 0.481 e. The Labute approximate surface area is 153 Å². The second-order valence-electron chi connectivity index (χ2n) is 5.88. The Balaban J connectivity index is 1.83. The van der Waals surface area contributed by atoms with Crippen molar-refractivity contribution in [2.24, 2.45) is 0 Å². The highest BCUT2D eigenvalue weighted by Crippen LogP contribution is 2.23. The highest BCUT2D eigenvalue weighted by Gasteiger charge is 2.24. The number of halogens is 1. The van der Waals surface area contributed by atoms with Gasteiger partial charge in [0.25, 0.3) is 17.6 Å². The van der Waals surface area contributed by atoms with E-state index in [1.165, 1.54) is 18.2 Å². The molecule has 0 saturated heterocycles. The van der Waals surface area contributed by atoms with Crippen LogP contribution in [0.1, 0.15) is 34.2 Å². The lowest BCUT2D eigenvalue weighted by Crippen LogP contribution is -2.31. The molecule has 1 atom stereocenters. The predicted octanol–water partition coefficient (Wildman–Crippen LogP) is 3.13. The predicted molar refractivity (Wildman–Crippen MR) is 93.3 cm³/mol. The maximum Gasteiger partial charge on any atom is 0.305 e. The van der Waals surface area contributed by atoms with Gasteiger partial charge in [-0.2, -0.15) is 4.98 Å². The third-order valence-electron chi connectivity index (χ3n) is 3.98. The van der Waals surface area contributed by atoms with E-state index >= 15 is 0 Å². The molecule has 1 amide bonds. The Kier molecular flexibility index (Phi) is 5.25. The zero-order chi connectivity index (χ0) is 19.4. The van der Waals surface area contributed by atoms with E-state index in [1.807, 2.05) is 19.1 Å². The molecule has 2 aromatic carbocycles. The van der Waals surface area contributed by atoms with Gasteiger partial charge in [-0.15, -0.1) is 0 Å². The molecule has 0 saturated carbocycles. The normalized spacial score (nSPS) is 11.8. The monoisotopic (exact) mass is 369 g/mol. The fourth-order valence-electron chi connectivity index (χ4n) is 2.67. The van der Waals surface area contributed by atoms with Crippen molar-refractivity contribution in [3.63, 3.8) is 0 Å². The van der Waals surface area contributed by atoms with Gasteiger partial charge in [0.1, 0.15) is 5.82 Å². The first kappa shape index (κ1) is 18.2. The second-order valence-corrected chi connectivity index (χ2v) is 5.88. The minimum atomic E-state index is -1.07. The number of aliphatic carboxylic acids is 1. The third-order valence-corrected chi connectivity index (χ3v) is 3.98. The van der Waals surface area contributed by atoms with Gasteiger partial charge in [0.05, 0.1) is 18.0 Å². The lowest BCUT2D eigenvalue weighted by atomic mass is 9.99. The summed E-state index contributed by atoms with van der Waals surface area (Å²) in [6, 6.07) is 12.2. The first-order chi connectivity index (χ1) is 13.0. The third kappa shape index (κ3) is 4.17. The second kappa shape index (κ2) is 7.77. The van der Waals surface area contributed by atoms with E-state index in [9.17, 15) is 14.0 Å². The number of carboxylic acids is 1. The summed E-state index contributed by atoms with van der Waals surface area (Å²) in [5, 5.41) is 15.3. The molecule has 1 aromatic heterocycles. The van der Waals surface area contributed by atoms with Crippen LogP contribution in [0.3, 0.4) is 0 Å². The Morgan fingerprint density at radius 3 is 2.59 bits per heavy atom. The van der Waals surface area contributed by atoms with Gasteiger partial charge in [0.15, 0.2) is 0 Å². The van der Waals surface area contributed by atoms with Crippen molar-refractivity contribution in [2.45, 2.75) is 19.4 Å². The van der Waals surface area contributed by atoms with Crippen molar-refractivity contribution in [2.75, 3.05) is 0 Å². The van der Waals surface area contributed by atoms with Crippen LogP contribution in [0.25, 0.3) is 11.5 Å². The fourth-order valence-corrected chi connectivity index (χ4v) is 2.67. The summed E-state index contributed by atoms with van der Waals surface area (Å²) in [4.78, 5) is 27.6. The van der Waals surface area contributed by atoms with Gasteiger partial charge < -0.3 is 14.9 Å². The smallest absolute Gasteiger partial charge is 0.305 e. The van der Waals surface area contributed by atoms with E-state index in [2.05, 4.69) is 15.5 Å². The molecule has 1 heterocycles. The van der Waals surface area contributed by atoms with E-state index in [-0.39, 0.29) is 23.7 Å². The lowest BCUT2D eigenvalue weighted by Gasteiger charge is -2.18. The SMILES string of the molecule is Cc1ccccc1C(CC(=O)O)NC(=O)c1noc(-c2ccccc2F)n1. The molecule has 0 bridgehead atoms. The quantitative estimate of drug-likeness (QED) is 0.692. The summed E-state index contributed by atoms with van der Waals surface area (Å²) in [6.07, 6.45) is -0.311. The van der Waals surface area contributed by atoms with Crippen LogP contribution in [-0.4, -0.2) is 27.1 Å². The molecule has 138 valence electrons. The number of carbonyl (C=O) groups excluding carboxylic acids is 1. The Hall–Kier alpha value is -3.55. The number of carboxylic acid groups (broad SMARTS) is 1. The standard InChI is InChI=1S/C19H16FN3O4/c1-11-6-2-3-7-12(11)15(10-16(24)25)21-18(26)17-22-19(27-23-17)13-8-4-5-9-14(13)20/h2-9,15H,10H2,1H3,(H,21,26)(H,24,25). The van der Waals surface area contributed by atoms with Gasteiger partial charge in [0.2, 0.25) is 0 Å². The van der Waals surface area contributed by atoms with E-state index in [4.69, 9.17) is 9.63 Å². The molecule has 0 radical (unpaired) electrons. The molecule has 0 spiro atoms. The fraction of sp³-hybridized carbons (Fsp3) is 0.158. The van der Waals surface area contributed by atoms with Crippen molar-refractivity contribution in [1.82, 2.24) is 15.5 Å². The molecular formula is C19H16FN3O4. The number of carbonyl (C=O) groups is 2. The van der Waals surface area contributed by atoms with Crippen LogP contribution < -0.4 is 5.32 Å². The number of rotatable bonds is 6. The number of amides is 1. The number of hydrogen-bond acceptors (Lipinski definition) is 5. The van der Waals surface area contributed by atoms with Gasteiger partial charge in [-0.1, -0.05) is 41.6 Å². The number of nitrogens with one attached hydrogen (secondary N) is 1. The minimum Gasteiger partial charge on any atom is -0.481 e. The number of nitrogens with zero attached hydrogens (tertiary/aromatic N) is 2. The molecule has 27 heavy (non-hydrogen) atoms. The summed E-state index contributed by atoms with van der Waals surface area (Å²) in [5.41, 5.74) is 1.58. The van der Waals surface area contributed by atoms with Crippen LogP contribution in [0.5, 0.6) is 0 Å². The summed E-state index contributed by atoms with van der Waals surface area (Å²) in [7, 11) is 0. The average Bonchev–Trinajstić information content (AvgIpc) is 3.11. The van der Waals surface area contributed by atoms with E-state index in [0.717, 1.165) is 5.56 Å². The van der Waals surface area contributed by atoms with Gasteiger partial charge in [-0.05, 0) is 30.2 Å². The molecule has 0 aliphatic heterocycles. The van der Waals surface area contributed by atoms with Crippen LogP contribution in [0, 0.1) is 12.7 Å². The number of benzene rings is 2. The van der Waals surface area contributed by atoms with Crippen molar-refractivity contribution >= 4 is 11.9 Å². The molecule has 7 nitrogen and oxygen atoms in total. The van der Waals surface area contributed by atoms with E-state index in [0.29, 0.717) is 5.56 Å². The topological polar surface area (TPSA) is 105 Å². The van der Waals surface area contributed by atoms with Crippen LogP contribution in [0.4, 0.5) is 4.39 Å². The molecule has 8 heteroatoms. The van der Waals surface area contributed by atoms with Crippen LogP contribution in [-0.2, 0) is 4.79 Å². The lowest BCUT2D eigenvalue weighted by molar-refractivity contribution is -0.137. The first-order valence-electron chi connectivity index (χ1n) is 8.12. The molecule has 3 aromatic rings. The number of hydrogen-bond donors (Lipinski definition) is 2. The van der Waals surface area contributed by atoms with E-state index < -0.39 is 23.7 Å². The Morgan fingerprint density at radius 2 is 1.89 bits per heavy atom. The average molecular weight is 369 g/mol. The molecule has 1 unspecified atom stereocenters. The van der Waals surface area contributed by atoms with Gasteiger partial charge in [-0.3, -0.25) is 9.59 Å². The minimum absolute atomic E-state index is 0.0741. The van der Waals surface area contributed by atoms with Gasteiger partial charge >= 0.3 is 5.97 Å². The van der Waals surface area contributed by atoms with E-state index in [1.54, 1.807) is 18.2 Å². The Bertz CT molecular complexity index is 986. The molecular weight excluding hydrogens is 353 g/mol. The molecule has 0 aliphatic rings. The van der Waals surface area contributed by atoms with Crippen LogP contribution >= 0.6 is 0 Å². The summed E-state index contributed by atoms with van der Waals surface area (Å²) in [6.45, 7) is 1.82. The van der Waals surface area contributed by atoms with Crippen molar-refractivity contribution in [3.8, 4) is 11.5 Å². The zero-order valence-electron chi connectivity index (χ0n) is 14.3. The number of aromatic nitrogens is 2. The molecule has 0 aliphatic carbocycles. The first-order valence-corrected chi connectivity index (χ1v) is 8.12. The van der Waals surface area contributed by atoms with Crippen molar-refractivity contribution < 1.29 is 23.6 Å². The zero-order valence-corrected chi connectivity index (χ0v) is 14.3. The summed E-state index contributed by atoms with van der Waals surface area (Å²) in [5.74, 6) is -2.78. The number of aryl methyl sites for hydroxylation is 1. The maximum atomic E-state index is 13.8. The van der Waals surface area contributed by atoms with Crippen molar-refractivity contribution in [1.29, 1.82) is 0 Å². The highest BCUT2D eigenvalue weighted by molar-refractivity contribution is 5.91. The van der Waals surface area contributed by atoms with Crippen LogP contribution in [0.2, 0.25) is 0 Å². The van der Waals surface area contributed by atoms with Crippen LogP contribution in [0.15, 0.2) is 53.1 Å². The summed E-state index contributed by atoms with van der Waals surface area (Å²) < 4.78 is 18.8. The molecule has 3 rings (SSSR count). The maximum absolute atomic E-state index is 13.8. The van der Waals surface area contributed by atoms with Gasteiger partial charge in [-0.25, -0.2) is 4.39 Å². The molecule has 2 N–H and O–H groups in total.